The third kappa shape index (κ3) is 3.34. The van der Waals surface area contributed by atoms with Gasteiger partial charge in [0.25, 0.3) is 0 Å². The first-order valence-corrected chi connectivity index (χ1v) is 11.4. The minimum Gasteiger partial charge on any atom is -0.465 e. The SMILES string of the molecule is COC1N=C(C2=CC=C3OC4=C(C=C5C=CCCC5C4)C3C2)NC(C2C=CC=CC2O)=N1. The van der Waals surface area contributed by atoms with Crippen molar-refractivity contribution in [2.75, 3.05) is 7.11 Å². The Bertz CT molecular complexity index is 1120. The van der Waals surface area contributed by atoms with E-state index in [0.717, 1.165) is 42.2 Å². The topological polar surface area (TPSA) is 75.4 Å². The number of aliphatic hydroxyl groups excluding tert-OH is 1. The summed E-state index contributed by atoms with van der Waals surface area (Å²) in [6, 6.07) is 0. The van der Waals surface area contributed by atoms with Crippen LogP contribution in [0.4, 0.5) is 0 Å². The number of hydrogen-bond acceptors (Lipinski definition) is 6. The molecule has 2 heterocycles. The van der Waals surface area contributed by atoms with E-state index in [0.29, 0.717) is 11.8 Å². The van der Waals surface area contributed by atoms with E-state index in [1.54, 1.807) is 13.2 Å². The molecule has 0 saturated heterocycles. The minimum atomic E-state index is -0.628. The van der Waals surface area contributed by atoms with Gasteiger partial charge in [0.1, 0.15) is 23.2 Å². The smallest absolute Gasteiger partial charge is 0.248 e. The summed E-state index contributed by atoms with van der Waals surface area (Å²) in [4.78, 5) is 9.22. The van der Waals surface area contributed by atoms with E-state index in [2.05, 4.69) is 45.7 Å². The second kappa shape index (κ2) is 7.87. The van der Waals surface area contributed by atoms with Gasteiger partial charge in [0.05, 0.1) is 12.0 Å². The largest absolute Gasteiger partial charge is 0.465 e. The maximum absolute atomic E-state index is 10.4. The average molecular weight is 430 g/mol. The molecule has 164 valence electrons. The highest BCUT2D eigenvalue weighted by Crippen LogP contribution is 2.48. The summed E-state index contributed by atoms with van der Waals surface area (Å²) in [6.07, 6.45) is 21.5. The van der Waals surface area contributed by atoms with Crippen molar-refractivity contribution in [1.29, 1.82) is 0 Å². The first-order chi connectivity index (χ1) is 15.7. The number of ether oxygens (including phenoxy) is 2. The zero-order chi connectivity index (χ0) is 21.7. The molecular formula is C26H27N3O3. The quantitative estimate of drug-likeness (QED) is 0.715. The number of hydrogen-bond donors (Lipinski definition) is 2. The first-order valence-electron chi connectivity index (χ1n) is 11.4. The Kier molecular flexibility index (Phi) is 4.85. The van der Waals surface area contributed by atoms with Crippen LogP contribution in [0, 0.1) is 17.8 Å². The number of allylic oxidation sites excluding steroid dienone is 10. The summed E-state index contributed by atoms with van der Waals surface area (Å²) >= 11 is 0. The van der Waals surface area contributed by atoms with Crippen molar-refractivity contribution in [3.8, 4) is 0 Å². The van der Waals surface area contributed by atoms with Crippen molar-refractivity contribution in [2.24, 2.45) is 27.7 Å². The van der Waals surface area contributed by atoms with Crippen molar-refractivity contribution in [3.05, 3.63) is 82.9 Å². The fourth-order valence-corrected chi connectivity index (χ4v) is 5.31. The maximum atomic E-state index is 10.4. The number of amidine groups is 2. The lowest BCUT2D eigenvalue weighted by Gasteiger charge is -2.29. The molecule has 2 aliphatic heterocycles. The van der Waals surface area contributed by atoms with Crippen LogP contribution in [0.15, 0.2) is 92.9 Å². The first kappa shape index (κ1) is 19.7. The van der Waals surface area contributed by atoms with Crippen LogP contribution in [-0.2, 0) is 9.47 Å². The fourth-order valence-electron chi connectivity index (χ4n) is 5.31. The van der Waals surface area contributed by atoms with Crippen molar-refractivity contribution in [1.82, 2.24) is 5.32 Å². The van der Waals surface area contributed by atoms with E-state index in [4.69, 9.17) is 9.47 Å². The maximum Gasteiger partial charge on any atom is 0.248 e. The monoisotopic (exact) mass is 429 g/mol. The molecule has 6 rings (SSSR count). The summed E-state index contributed by atoms with van der Waals surface area (Å²) < 4.78 is 11.8. The molecule has 6 heteroatoms. The molecule has 32 heavy (non-hydrogen) atoms. The van der Waals surface area contributed by atoms with Crippen molar-refractivity contribution < 1.29 is 14.6 Å². The Labute approximate surface area is 187 Å². The molecule has 6 nitrogen and oxygen atoms in total. The standard InChI is InChI=1S/C26H27N3O3/c1-31-26-28-24(27-25(29-26)18-8-4-5-9-21(18)30)17-10-11-22-19(13-17)20-12-15-6-2-3-7-16(15)14-23(20)32-22/h2,4-6,8-12,16,18-19,21,26,30H,3,7,13-14H2,1H3,(H,27,28,29). The molecule has 4 aliphatic carbocycles. The van der Waals surface area contributed by atoms with Crippen LogP contribution in [0.1, 0.15) is 25.7 Å². The Hall–Kier alpha value is -2.96. The van der Waals surface area contributed by atoms with Gasteiger partial charge >= 0.3 is 0 Å². The van der Waals surface area contributed by atoms with Crippen molar-refractivity contribution in [2.45, 2.75) is 38.1 Å². The van der Waals surface area contributed by atoms with E-state index in [9.17, 15) is 5.11 Å². The Morgan fingerprint density at radius 1 is 1.16 bits per heavy atom. The highest BCUT2D eigenvalue weighted by molar-refractivity contribution is 6.11. The van der Waals surface area contributed by atoms with Crippen LogP contribution >= 0.6 is 0 Å². The predicted octanol–water partition coefficient (Wildman–Crippen LogP) is 3.83. The number of aliphatic hydroxyl groups is 1. The van der Waals surface area contributed by atoms with Crippen LogP contribution in [-0.4, -0.2) is 36.3 Å². The summed E-state index contributed by atoms with van der Waals surface area (Å²) in [6.45, 7) is 0. The van der Waals surface area contributed by atoms with Crippen LogP contribution in [0.2, 0.25) is 0 Å². The second-order valence-electron chi connectivity index (χ2n) is 8.99. The second-order valence-corrected chi connectivity index (χ2v) is 8.99. The van der Waals surface area contributed by atoms with E-state index >= 15 is 0 Å². The number of nitrogens with one attached hydrogen (secondary N) is 1. The molecule has 0 fully saturated rings. The van der Waals surface area contributed by atoms with E-state index in [1.807, 2.05) is 18.2 Å². The third-order valence-electron chi connectivity index (χ3n) is 7.04. The molecule has 5 unspecified atom stereocenters. The number of aliphatic imine (C=N–C) groups is 2. The van der Waals surface area contributed by atoms with Gasteiger partial charge in [-0.25, -0.2) is 9.98 Å². The minimum absolute atomic E-state index is 0.213. The molecule has 0 aromatic rings. The van der Waals surface area contributed by atoms with Crippen LogP contribution in [0.3, 0.4) is 0 Å². The van der Waals surface area contributed by atoms with E-state index < -0.39 is 12.5 Å². The van der Waals surface area contributed by atoms with Crippen molar-refractivity contribution in [3.63, 3.8) is 0 Å². The predicted molar refractivity (Wildman–Crippen MR) is 124 cm³/mol. The van der Waals surface area contributed by atoms with Gasteiger partial charge in [-0.1, -0.05) is 48.6 Å². The van der Waals surface area contributed by atoms with Gasteiger partial charge in [0.15, 0.2) is 0 Å². The Morgan fingerprint density at radius 3 is 2.94 bits per heavy atom. The molecule has 6 aliphatic rings. The molecular weight excluding hydrogens is 402 g/mol. The number of fused-ring (bicyclic) bond motifs is 3. The van der Waals surface area contributed by atoms with Crippen molar-refractivity contribution >= 4 is 11.7 Å². The van der Waals surface area contributed by atoms with Gasteiger partial charge in [0.2, 0.25) is 6.35 Å². The Balaban J connectivity index is 1.25. The summed E-state index contributed by atoms with van der Waals surface area (Å²) in [7, 11) is 1.60. The lowest BCUT2D eigenvalue weighted by molar-refractivity contribution is 0.115. The number of rotatable bonds is 3. The van der Waals surface area contributed by atoms with Gasteiger partial charge in [-0.05, 0) is 42.4 Å². The van der Waals surface area contributed by atoms with Gasteiger partial charge in [-0.3, -0.25) is 0 Å². The zero-order valence-electron chi connectivity index (χ0n) is 18.1. The fraction of sp³-hybridized carbons (Fsp3) is 0.385. The summed E-state index contributed by atoms with van der Waals surface area (Å²) in [5.41, 5.74) is 3.84. The van der Waals surface area contributed by atoms with Gasteiger partial charge in [-0.2, -0.15) is 0 Å². The highest BCUT2D eigenvalue weighted by Gasteiger charge is 2.39. The molecule has 0 aromatic heterocycles. The molecule has 5 atom stereocenters. The Morgan fingerprint density at radius 2 is 2.06 bits per heavy atom. The summed E-state index contributed by atoms with van der Waals surface area (Å²) in [5.74, 6) is 4.13. The van der Waals surface area contributed by atoms with Crippen LogP contribution in [0.5, 0.6) is 0 Å². The van der Waals surface area contributed by atoms with E-state index in [-0.39, 0.29) is 11.8 Å². The lowest BCUT2D eigenvalue weighted by Crippen LogP contribution is -2.45. The lowest BCUT2D eigenvalue weighted by atomic mass is 9.77. The molecule has 0 aromatic carbocycles. The molecule has 0 spiro atoms. The normalized spacial score (nSPS) is 34.8. The molecule has 0 saturated carbocycles. The molecule has 0 bridgehead atoms. The van der Waals surface area contributed by atoms with Gasteiger partial charge in [0, 0.05) is 25.0 Å². The molecule has 0 amide bonds. The van der Waals surface area contributed by atoms with Gasteiger partial charge in [-0.15, -0.1) is 0 Å². The highest BCUT2D eigenvalue weighted by atomic mass is 16.5. The number of nitrogens with zero attached hydrogens (tertiary/aromatic N) is 2. The van der Waals surface area contributed by atoms with E-state index in [1.165, 1.54) is 17.6 Å². The summed E-state index contributed by atoms with van der Waals surface area (Å²) in [5, 5.41) is 13.8. The zero-order valence-corrected chi connectivity index (χ0v) is 18.1. The average Bonchev–Trinajstić information content (AvgIpc) is 3.19. The van der Waals surface area contributed by atoms with Crippen LogP contribution in [0.25, 0.3) is 0 Å². The third-order valence-corrected chi connectivity index (χ3v) is 7.04. The number of methoxy groups -OCH3 is 1. The molecule has 2 N–H and O–H groups in total. The van der Waals surface area contributed by atoms with Crippen LogP contribution < -0.4 is 5.32 Å². The molecule has 0 radical (unpaired) electrons. The van der Waals surface area contributed by atoms with Gasteiger partial charge < -0.3 is 19.9 Å².